The number of nitro groups is 1. The number of anilines is 1. The molecule has 0 spiro atoms. The fourth-order valence-electron chi connectivity index (χ4n) is 3.03. The van der Waals surface area contributed by atoms with E-state index in [1.165, 1.54) is 44.0 Å². The Morgan fingerprint density at radius 1 is 1.06 bits per heavy atom. The molecule has 174 valence electrons. The van der Waals surface area contributed by atoms with Crippen molar-refractivity contribution in [3.63, 3.8) is 0 Å². The van der Waals surface area contributed by atoms with Crippen molar-refractivity contribution in [2.45, 2.75) is 18.7 Å². The zero-order valence-corrected chi connectivity index (χ0v) is 19.3. The largest absolute Gasteiger partial charge is 0.493 e. The van der Waals surface area contributed by atoms with Gasteiger partial charge in [0.1, 0.15) is 4.90 Å². The van der Waals surface area contributed by atoms with Crippen LogP contribution in [-0.2, 0) is 10.0 Å². The number of nitrogens with zero attached hydrogens (tertiary/aromatic N) is 3. The molecule has 0 aliphatic heterocycles. The number of non-ortho nitro benzene ring substituents is 1. The van der Waals surface area contributed by atoms with Crippen molar-refractivity contribution in [2.24, 2.45) is 5.10 Å². The Hall–Kier alpha value is -3.38. The maximum absolute atomic E-state index is 13.0. The summed E-state index contributed by atoms with van der Waals surface area (Å²) in [6.45, 7) is 3.81. The third kappa shape index (κ3) is 5.08. The summed E-state index contributed by atoms with van der Waals surface area (Å²) in [6, 6.07) is 6.88. The van der Waals surface area contributed by atoms with Crippen molar-refractivity contribution in [2.75, 3.05) is 39.8 Å². The number of sulfonamides is 1. The highest BCUT2D eigenvalue weighted by Crippen LogP contribution is 2.39. The molecule has 2 aromatic rings. The highest BCUT2D eigenvalue weighted by molar-refractivity contribution is 7.89. The first-order chi connectivity index (χ1) is 15.2. The predicted octanol–water partition coefficient (Wildman–Crippen LogP) is 3.10. The van der Waals surface area contributed by atoms with Gasteiger partial charge in [-0.15, -0.1) is 0 Å². The van der Waals surface area contributed by atoms with Gasteiger partial charge in [0, 0.05) is 30.8 Å². The molecule has 0 bridgehead atoms. The van der Waals surface area contributed by atoms with Crippen molar-refractivity contribution >= 4 is 27.6 Å². The van der Waals surface area contributed by atoms with Crippen molar-refractivity contribution in [3.8, 4) is 17.2 Å². The van der Waals surface area contributed by atoms with E-state index in [1.54, 1.807) is 26.0 Å². The van der Waals surface area contributed by atoms with Gasteiger partial charge in [0.25, 0.3) is 5.69 Å². The first-order valence-electron chi connectivity index (χ1n) is 9.61. The van der Waals surface area contributed by atoms with Crippen LogP contribution in [0.5, 0.6) is 17.2 Å². The molecule has 0 aliphatic carbocycles. The average Bonchev–Trinajstić information content (AvgIpc) is 2.78. The summed E-state index contributed by atoms with van der Waals surface area (Å²) in [5, 5.41) is 15.3. The molecule has 32 heavy (non-hydrogen) atoms. The lowest BCUT2D eigenvalue weighted by Crippen LogP contribution is -2.31. The molecule has 0 aromatic heterocycles. The van der Waals surface area contributed by atoms with E-state index in [-0.39, 0.29) is 29.4 Å². The Morgan fingerprint density at radius 3 is 2.25 bits per heavy atom. The lowest BCUT2D eigenvalue weighted by Gasteiger charge is -2.20. The first kappa shape index (κ1) is 24.9. The van der Waals surface area contributed by atoms with Crippen LogP contribution in [0.2, 0.25) is 0 Å². The molecular weight excluding hydrogens is 440 g/mol. The van der Waals surface area contributed by atoms with Gasteiger partial charge in [0.15, 0.2) is 11.5 Å². The number of rotatable bonds is 11. The van der Waals surface area contributed by atoms with Crippen molar-refractivity contribution < 1.29 is 27.6 Å². The van der Waals surface area contributed by atoms with Crippen LogP contribution >= 0.6 is 0 Å². The highest BCUT2D eigenvalue weighted by atomic mass is 32.2. The monoisotopic (exact) mass is 466 g/mol. The fourth-order valence-corrected chi connectivity index (χ4v) is 4.65. The van der Waals surface area contributed by atoms with Gasteiger partial charge in [-0.1, -0.05) is 13.8 Å². The van der Waals surface area contributed by atoms with Crippen LogP contribution in [0.25, 0.3) is 0 Å². The van der Waals surface area contributed by atoms with Crippen molar-refractivity contribution in [1.29, 1.82) is 0 Å². The Labute approximate surface area is 186 Å². The van der Waals surface area contributed by atoms with Crippen LogP contribution in [0, 0.1) is 10.1 Å². The maximum atomic E-state index is 13.0. The molecule has 11 nitrogen and oxygen atoms in total. The summed E-state index contributed by atoms with van der Waals surface area (Å²) in [4.78, 5) is 10.3. The molecule has 0 aliphatic rings. The molecule has 0 fully saturated rings. The smallest absolute Gasteiger partial charge is 0.270 e. The topological polar surface area (TPSA) is 133 Å². The number of hydrogen-bond donors (Lipinski definition) is 1. The van der Waals surface area contributed by atoms with Gasteiger partial charge in [-0.25, -0.2) is 8.42 Å². The molecule has 2 aromatic carbocycles. The van der Waals surface area contributed by atoms with Gasteiger partial charge < -0.3 is 14.2 Å². The van der Waals surface area contributed by atoms with Gasteiger partial charge in [0.05, 0.1) is 38.2 Å². The molecular formula is C20H26N4O7S. The zero-order chi connectivity index (χ0) is 23.9. The lowest BCUT2D eigenvalue weighted by atomic mass is 10.2. The van der Waals surface area contributed by atoms with E-state index in [1.807, 2.05) is 0 Å². The van der Waals surface area contributed by atoms with E-state index in [2.05, 4.69) is 10.5 Å². The van der Waals surface area contributed by atoms with Gasteiger partial charge >= 0.3 is 0 Å². The number of hydrogen-bond acceptors (Lipinski definition) is 9. The molecule has 0 saturated carbocycles. The Kier molecular flexibility index (Phi) is 8.38. The fraction of sp³-hybridized carbons (Fsp3) is 0.350. The predicted molar refractivity (Wildman–Crippen MR) is 121 cm³/mol. The van der Waals surface area contributed by atoms with E-state index in [4.69, 9.17) is 14.2 Å². The lowest BCUT2D eigenvalue weighted by molar-refractivity contribution is -0.385. The van der Waals surface area contributed by atoms with E-state index < -0.39 is 14.9 Å². The first-order valence-corrected chi connectivity index (χ1v) is 11.1. The number of nitro benzene ring substituents is 1. The molecule has 0 amide bonds. The Balaban J connectivity index is 2.48. The van der Waals surface area contributed by atoms with E-state index in [0.29, 0.717) is 22.8 Å². The third-order valence-corrected chi connectivity index (χ3v) is 6.71. The molecule has 1 N–H and O–H groups in total. The van der Waals surface area contributed by atoms with Crippen LogP contribution in [-0.4, -0.2) is 58.3 Å². The van der Waals surface area contributed by atoms with Gasteiger partial charge in [-0.3, -0.25) is 15.5 Å². The quantitative estimate of drug-likeness (QED) is 0.303. The summed E-state index contributed by atoms with van der Waals surface area (Å²) in [7, 11) is 0.453. The second-order valence-corrected chi connectivity index (χ2v) is 8.23. The molecule has 0 unspecified atom stereocenters. The summed E-state index contributed by atoms with van der Waals surface area (Å²) in [5.74, 6) is 1.22. The zero-order valence-electron chi connectivity index (χ0n) is 18.5. The second kappa shape index (κ2) is 10.8. The number of nitrogens with one attached hydrogen (secondary N) is 1. The van der Waals surface area contributed by atoms with Crippen LogP contribution in [0.4, 0.5) is 11.4 Å². The van der Waals surface area contributed by atoms with Crippen molar-refractivity contribution in [3.05, 3.63) is 46.0 Å². The minimum atomic E-state index is -3.98. The molecule has 0 atom stereocenters. The van der Waals surface area contributed by atoms with E-state index in [9.17, 15) is 18.5 Å². The summed E-state index contributed by atoms with van der Waals surface area (Å²) in [6.07, 6.45) is 1.41. The molecule has 2 rings (SSSR count). The standard InChI is InChI=1S/C20H26N4O7S/c1-6-23(7-2)32(27,28)18-12-15(24(25)26)9-10-16(18)22-21-13-14-8-11-17(29-3)20(31-5)19(14)30-4/h8-13,22H,6-7H2,1-5H3/b21-13-. The Bertz CT molecular complexity index is 1100. The molecule has 12 heteroatoms. The normalized spacial score (nSPS) is 11.6. The molecule has 0 saturated heterocycles. The number of benzene rings is 2. The summed E-state index contributed by atoms with van der Waals surface area (Å²) < 4.78 is 43.3. The molecule has 0 heterocycles. The average molecular weight is 467 g/mol. The van der Waals surface area contributed by atoms with Crippen molar-refractivity contribution in [1.82, 2.24) is 4.31 Å². The van der Waals surface area contributed by atoms with Gasteiger partial charge in [-0.2, -0.15) is 9.41 Å². The SMILES string of the molecule is CCN(CC)S(=O)(=O)c1cc([N+](=O)[O-])ccc1N/N=C\c1ccc(OC)c(OC)c1OC. The maximum Gasteiger partial charge on any atom is 0.270 e. The minimum absolute atomic E-state index is 0.0955. The van der Waals surface area contributed by atoms with E-state index in [0.717, 1.165) is 6.07 Å². The number of hydrazone groups is 1. The molecule has 0 radical (unpaired) electrons. The third-order valence-electron chi connectivity index (χ3n) is 4.62. The van der Waals surface area contributed by atoms with Crippen LogP contribution in [0.3, 0.4) is 0 Å². The van der Waals surface area contributed by atoms with Gasteiger partial charge in [-0.05, 0) is 18.2 Å². The number of methoxy groups -OCH3 is 3. The summed E-state index contributed by atoms with van der Waals surface area (Å²) in [5.41, 5.74) is 2.96. The minimum Gasteiger partial charge on any atom is -0.493 e. The van der Waals surface area contributed by atoms with Gasteiger partial charge in [0.2, 0.25) is 15.8 Å². The van der Waals surface area contributed by atoms with E-state index >= 15 is 0 Å². The van der Waals surface area contributed by atoms with Crippen LogP contribution in [0.15, 0.2) is 40.3 Å². The van der Waals surface area contributed by atoms with Crippen LogP contribution < -0.4 is 19.6 Å². The Morgan fingerprint density at radius 2 is 1.72 bits per heavy atom. The number of ether oxygens (including phenoxy) is 3. The summed E-state index contributed by atoms with van der Waals surface area (Å²) >= 11 is 0. The van der Waals surface area contributed by atoms with Crippen LogP contribution in [0.1, 0.15) is 19.4 Å². The second-order valence-electron chi connectivity index (χ2n) is 6.32. The highest BCUT2D eigenvalue weighted by Gasteiger charge is 2.27.